The second-order valence-corrected chi connectivity index (χ2v) is 4.43. The monoisotopic (exact) mass is 325 g/mol. The number of halogens is 1. The fourth-order valence-electron chi connectivity index (χ4n) is 1.34. The highest BCUT2D eigenvalue weighted by molar-refractivity contribution is 14.1. The number of aromatic nitrogens is 1. The summed E-state index contributed by atoms with van der Waals surface area (Å²) < 4.78 is 1.18. The van der Waals surface area contributed by atoms with Crippen LogP contribution in [0, 0.1) is 3.57 Å². The number of benzene rings is 1. The molecular formula is C12H12IN3. The molecule has 0 aliphatic heterocycles. The van der Waals surface area contributed by atoms with Crippen molar-refractivity contribution in [3.8, 4) is 0 Å². The van der Waals surface area contributed by atoms with E-state index in [0.717, 1.165) is 17.3 Å². The van der Waals surface area contributed by atoms with E-state index in [0.29, 0.717) is 0 Å². The fraction of sp³-hybridized carbons (Fsp3) is 0.0833. The third-order valence-electron chi connectivity index (χ3n) is 2.14. The average Bonchev–Trinajstić information content (AvgIpc) is 2.32. The summed E-state index contributed by atoms with van der Waals surface area (Å²) in [4.78, 5) is 4.40. The van der Waals surface area contributed by atoms with Crippen molar-refractivity contribution in [2.45, 2.75) is 0 Å². The maximum absolute atomic E-state index is 4.40. The van der Waals surface area contributed by atoms with Gasteiger partial charge in [-0.05, 0) is 46.9 Å². The highest BCUT2D eigenvalue weighted by Gasteiger charge is 2.00. The van der Waals surface area contributed by atoms with Crippen molar-refractivity contribution in [1.82, 2.24) is 4.98 Å². The molecule has 0 bridgehead atoms. The van der Waals surface area contributed by atoms with Gasteiger partial charge in [0.1, 0.15) is 11.6 Å². The number of para-hydroxylation sites is 1. The highest BCUT2D eigenvalue weighted by atomic mass is 127. The highest BCUT2D eigenvalue weighted by Crippen LogP contribution is 2.21. The molecule has 3 nitrogen and oxygen atoms in total. The molecule has 0 saturated carbocycles. The summed E-state index contributed by atoms with van der Waals surface area (Å²) in [6.07, 6.45) is 0. The van der Waals surface area contributed by atoms with Gasteiger partial charge in [-0.1, -0.05) is 18.2 Å². The molecule has 16 heavy (non-hydrogen) atoms. The molecule has 0 atom stereocenters. The first-order valence-electron chi connectivity index (χ1n) is 4.96. The molecule has 0 saturated heterocycles. The third kappa shape index (κ3) is 2.63. The third-order valence-corrected chi connectivity index (χ3v) is 3.08. The average molecular weight is 325 g/mol. The lowest BCUT2D eigenvalue weighted by Gasteiger charge is -2.08. The molecule has 0 radical (unpaired) electrons. The molecule has 0 aliphatic carbocycles. The molecule has 82 valence electrons. The summed E-state index contributed by atoms with van der Waals surface area (Å²) in [5.74, 6) is 1.70. The number of rotatable bonds is 3. The van der Waals surface area contributed by atoms with Crippen LogP contribution in [-0.4, -0.2) is 12.0 Å². The van der Waals surface area contributed by atoms with E-state index in [4.69, 9.17) is 0 Å². The minimum Gasteiger partial charge on any atom is -0.373 e. The summed E-state index contributed by atoms with van der Waals surface area (Å²) in [5.41, 5.74) is 1.07. The van der Waals surface area contributed by atoms with E-state index in [1.54, 1.807) is 0 Å². The molecule has 2 aromatic rings. The van der Waals surface area contributed by atoms with Gasteiger partial charge in [0.05, 0.1) is 5.69 Å². The van der Waals surface area contributed by atoms with E-state index in [1.807, 2.05) is 43.4 Å². The van der Waals surface area contributed by atoms with Gasteiger partial charge in [0.2, 0.25) is 0 Å². The van der Waals surface area contributed by atoms with Crippen molar-refractivity contribution >= 4 is 39.9 Å². The van der Waals surface area contributed by atoms with Crippen LogP contribution >= 0.6 is 22.6 Å². The van der Waals surface area contributed by atoms with E-state index in [1.165, 1.54) is 3.57 Å². The Morgan fingerprint density at radius 2 is 1.75 bits per heavy atom. The van der Waals surface area contributed by atoms with E-state index >= 15 is 0 Å². The molecule has 1 heterocycles. The van der Waals surface area contributed by atoms with Crippen LogP contribution in [0.2, 0.25) is 0 Å². The van der Waals surface area contributed by atoms with E-state index < -0.39 is 0 Å². The zero-order valence-electron chi connectivity index (χ0n) is 8.87. The van der Waals surface area contributed by atoms with Gasteiger partial charge in [0.15, 0.2) is 0 Å². The molecule has 0 fully saturated rings. The van der Waals surface area contributed by atoms with Crippen molar-refractivity contribution in [1.29, 1.82) is 0 Å². The Hall–Kier alpha value is -1.30. The molecule has 1 aromatic heterocycles. The Labute approximate surface area is 108 Å². The summed E-state index contributed by atoms with van der Waals surface area (Å²) in [6, 6.07) is 14.0. The van der Waals surface area contributed by atoms with Crippen molar-refractivity contribution < 1.29 is 0 Å². The molecule has 0 unspecified atom stereocenters. The predicted octanol–water partition coefficient (Wildman–Crippen LogP) is 3.47. The number of nitrogens with one attached hydrogen (secondary N) is 2. The summed E-state index contributed by atoms with van der Waals surface area (Å²) in [5, 5.41) is 6.30. The van der Waals surface area contributed by atoms with Gasteiger partial charge in [0.25, 0.3) is 0 Å². The van der Waals surface area contributed by atoms with Crippen molar-refractivity contribution in [2.24, 2.45) is 0 Å². The van der Waals surface area contributed by atoms with Gasteiger partial charge in [-0.15, -0.1) is 0 Å². The maximum atomic E-state index is 4.40. The number of pyridine rings is 1. The summed E-state index contributed by atoms with van der Waals surface area (Å²) in [7, 11) is 1.86. The minimum absolute atomic E-state index is 0.843. The SMILES string of the molecule is CNc1cccc(Nc2ccccc2I)n1. The molecule has 0 spiro atoms. The maximum Gasteiger partial charge on any atom is 0.132 e. The summed E-state index contributed by atoms with van der Waals surface area (Å²) >= 11 is 2.30. The largest absolute Gasteiger partial charge is 0.373 e. The lowest BCUT2D eigenvalue weighted by molar-refractivity contribution is 1.27. The molecular weight excluding hydrogens is 313 g/mol. The first-order valence-corrected chi connectivity index (χ1v) is 6.04. The Morgan fingerprint density at radius 3 is 2.50 bits per heavy atom. The first-order chi connectivity index (χ1) is 7.79. The van der Waals surface area contributed by atoms with E-state index in [2.05, 4.69) is 44.3 Å². The van der Waals surface area contributed by atoms with Crippen LogP contribution < -0.4 is 10.6 Å². The molecule has 0 amide bonds. The smallest absolute Gasteiger partial charge is 0.132 e. The lowest BCUT2D eigenvalue weighted by atomic mass is 10.3. The quantitative estimate of drug-likeness (QED) is 0.849. The predicted molar refractivity (Wildman–Crippen MR) is 76.2 cm³/mol. The van der Waals surface area contributed by atoms with Crippen LogP contribution in [0.15, 0.2) is 42.5 Å². The molecule has 0 aliphatic rings. The second kappa shape index (κ2) is 5.16. The van der Waals surface area contributed by atoms with Crippen LogP contribution in [0.4, 0.5) is 17.3 Å². The van der Waals surface area contributed by atoms with Crippen LogP contribution in [0.25, 0.3) is 0 Å². The minimum atomic E-state index is 0.843. The number of hydrogen-bond donors (Lipinski definition) is 2. The number of anilines is 3. The van der Waals surface area contributed by atoms with Crippen LogP contribution in [0.1, 0.15) is 0 Å². The Bertz CT molecular complexity index is 485. The zero-order chi connectivity index (χ0) is 11.4. The molecule has 2 rings (SSSR count). The standard InChI is InChI=1S/C12H12IN3/c1-14-11-7-4-8-12(16-11)15-10-6-3-2-5-9(10)13/h2-8H,1H3,(H2,14,15,16). The van der Waals surface area contributed by atoms with Crippen LogP contribution in [0.3, 0.4) is 0 Å². The topological polar surface area (TPSA) is 37.0 Å². The number of nitrogens with zero attached hydrogens (tertiary/aromatic N) is 1. The van der Waals surface area contributed by atoms with Crippen LogP contribution in [-0.2, 0) is 0 Å². The van der Waals surface area contributed by atoms with Gasteiger partial charge in [-0.2, -0.15) is 0 Å². The van der Waals surface area contributed by atoms with Gasteiger partial charge in [-0.25, -0.2) is 4.98 Å². The van der Waals surface area contributed by atoms with Gasteiger partial charge >= 0.3 is 0 Å². The van der Waals surface area contributed by atoms with Crippen LogP contribution in [0.5, 0.6) is 0 Å². The van der Waals surface area contributed by atoms with Gasteiger partial charge < -0.3 is 10.6 Å². The number of hydrogen-bond acceptors (Lipinski definition) is 3. The molecule has 4 heteroatoms. The lowest BCUT2D eigenvalue weighted by Crippen LogP contribution is -1.98. The van der Waals surface area contributed by atoms with Crippen molar-refractivity contribution in [3.63, 3.8) is 0 Å². The van der Waals surface area contributed by atoms with Gasteiger partial charge in [0, 0.05) is 10.6 Å². The zero-order valence-corrected chi connectivity index (χ0v) is 11.0. The fourth-order valence-corrected chi connectivity index (χ4v) is 1.87. The van der Waals surface area contributed by atoms with E-state index in [9.17, 15) is 0 Å². The summed E-state index contributed by atoms with van der Waals surface area (Å²) in [6.45, 7) is 0. The Morgan fingerprint density at radius 1 is 1.00 bits per heavy atom. The molecule has 1 aromatic carbocycles. The Balaban J connectivity index is 2.24. The van der Waals surface area contributed by atoms with Crippen molar-refractivity contribution in [2.75, 3.05) is 17.7 Å². The van der Waals surface area contributed by atoms with Gasteiger partial charge in [-0.3, -0.25) is 0 Å². The Kier molecular flexibility index (Phi) is 3.61. The molecule has 2 N–H and O–H groups in total. The second-order valence-electron chi connectivity index (χ2n) is 3.26. The van der Waals surface area contributed by atoms with E-state index in [-0.39, 0.29) is 0 Å². The van der Waals surface area contributed by atoms with Crippen molar-refractivity contribution in [3.05, 3.63) is 46.0 Å². The first kappa shape index (κ1) is 11.2. The normalized spacial score (nSPS) is 9.88.